The number of hydrogen-bond donors (Lipinski definition) is 3. The fourth-order valence-corrected chi connectivity index (χ4v) is 1.80. The predicted octanol–water partition coefficient (Wildman–Crippen LogP) is 1.49. The molecule has 5 nitrogen and oxygen atoms in total. The van der Waals surface area contributed by atoms with Gasteiger partial charge >= 0.3 is 5.97 Å². The van der Waals surface area contributed by atoms with Crippen molar-refractivity contribution in [3.05, 3.63) is 23.8 Å². The van der Waals surface area contributed by atoms with Crippen LogP contribution in [0.4, 0.5) is 0 Å². The highest BCUT2D eigenvalue weighted by molar-refractivity contribution is 5.82. The number of benzene rings is 1. The van der Waals surface area contributed by atoms with E-state index in [1.54, 1.807) is 13.8 Å². The molecule has 1 rings (SSSR count). The number of phenols is 2. The van der Waals surface area contributed by atoms with Gasteiger partial charge in [-0.2, -0.15) is 0 Å². The molecule has 0 saturated heterocycles. The monoisotopic (exact) mass is 253 g/mol. The number of carbonyl (C=O) groups excluding carboxylic acids is 1. The van der Waals surface area contributed by atoms with Crippen molar-refractivity contribution in [2.45, 2.75) is 26.3 Å². The van der Waals surface area contributed by atoms with E-state index in [4.69, 9.17) is 4.74 Å². The number of carbonyl (C=O) groups is 1. The Morgan fingerprint density at radius 1 is 1.28 bits per heavy atom. The fourth-order valence-electron chi connectivity index (χ4n) is 1.80. The molecule has 0 fully saturated rings. The van der Waals surface area contributed by atoms with Crippen LogP contribution in [0.2, 0.25) is 0 Å². The maximum absolute atomic E-state index is 12.0. The second kappa shape index (κ2) is 5.73. The summed E-state index contributed by atoms with van der Waals surface area (Å²) in [6.45, 7) is 6.06. The molecule has 1 aromatic rings. The highest BCUT2D eigenvalue weighted by Gasteiger charge is 2.36. The summed E-state index contributed by atoms with van der Waals surface area (Å²) < 4.78 is 5.03. The first-order chi connectivity index (χ1) is 8.43. The van der Waals surface area contributed by atoms with Gasteiger partial charge in [-0.1, -0.05) is 6.92 Å². The Kier molecular flexibility index (Phi) is 4.55. The maximum Gasteiger partial charge on any atom is 0.330 e. The van der Waals surface area contributed by atoms with Crippen LogP contribution in [0.25, 0.3) is 0 Å². The molecule has 0 aliphatic carbocycles. The smallest absolute Gasteiger partial charge is 0.330 e. The standard InChI is InChI=1S/C13H19NO4/c1-4-14-13(3,12(17)18-5-2)9-6-10(15)8-11(16)7-9/h6-8,14-16H,4-5H2,1-3H3. The number of aromatic hydroxyl groups is 2. The van der Waals surface area contributed by atoms with Crippen LogP contribution in [0.5, 0.6) is 11.5 Å². The molecule has 18 heavy (non-hydrogen) atoms. The van der Waals surface area contributed by atoms with Crippen LogP contribution in [0.1, 0.15) is 26.3 Å². The van der Waals surface area contributed by atoms with Gasteiger partial charge in [0.1, 0.15) is 17.0 Å². The van der Waals surface area contributed by atoms with E-state index in [-0.39, 0.29) is 18.1 Å². The Hall–Kier alpha value is -1.75. The average Bonchev–Trinajstić information content (AvgIpc) is 2.28. The quantitative estimate of drug-likeness (QED) is 0.693. The third kappa shape index (κ3) is 2.92. The van der Waals surface area contributed by atoms with E-state index in [1.165, 1.54) is 18.2 Å². The van der Waals surface area contributed by atoms with Gasteiger partial charge in [0.2, 0.25) is 0 Å². The van der Waals surface area contributed by atoms with Crippen LogP contribution < -0.4 is 5.32 Å². The summed E-state index contributed by atoms with van der Waals surface area (Å²) >= 11 is 0. The van der Waals surface area contributed by atoms with Crippen molar-refractivity contribution in [1.29, 1.82) is 0 Å². The Labute approximate surface area is 106 Å². The Morgan fingerprint density at radius 2 is 1.83 bits per heavy atom. The number of esters is 1. The first kappa shape index (κ1) is 14.3. The molecular formula is C13H19NO4. The minimum absolute atomic E-state index is 0.0987. The van der Waals surface area contributed by atoms with Crippen molar-refractivity contribution in [2.24, 2.45) is 0 Å². The molecule has 0 aromatic heterocycles. The SMILES string of the molecule is CCNC(C)(C(=O)OCC)c1cc(O)cc(O)c1. The summed E-state index contributed by atoms with van der Waals surface area (Å²) in [5, 5.41) is 22.0. The first-order valence-electron chi connectivity index (χ1n) is 5.89. The van der Waals surface area contributed by atoms with E-state index in [0.717, 1.165) is 0 Å². The van der Waals surface area contributed by atoms with Crippen LogP contribution in [-0.4, -0.2) is 29.3 Å². The minimum Gasteiger partial charge on any atom is -0.508 e. The number of hydrogen-bond acceptors (Lipinski definition) is 5. The van der Waals surface area contributed by atoms with Crippen molar-refractivity contribution >= 4 is 5.97 Å². The molecule has 0 spiro atoms. The van der Waals surface area contributed by atoms with E-state index in [2.05, 4.69) is 5.32 Å². The molecular weight excluding hydrogens is 234 g/mol. The van der Waals surface area contributed by atoms with E-state index in [1.807, 2.05) is 6.92 Å². The summed E-state index contributed by atoms with van der Waals surface area (Å²) in [6, 6.07) is 4.07. The van der Waals surface area contributed by atoms with Crippen molar-refractivity contribution in [2.75, 3.05) is 13.2 Å². The zero-order valence-electron chi connectivity index (χ0n) is 10.9. The van der Waals surface area contributed by atoms with Crippen molar-refractivity contribution in [3.8, 4) is 11.5 Å². The summed E-state index contributed by atoms with van der Waals surface area (Å²) in [5.74, 6) is -0.645. The lowest BCUT2D eigenvalue weighted by Gasteiger charge is -2.28. The van der Waals surface area contributed by atoms with Gasteiger partial charge in [0.05, 0.1) is 6.61 Å². The molecule has 0 aliphatic heterocycles. The number of ether oxygens (including phenoxy) is 1. The molecule has 0 amide bonds. The summed E-state index contributed by atoms with van der Waals surface area (Å²) in [5.41, 5.74) is -0.638. The molecule has 3 N–H and O–H groups in total. The molecule has 1 aromatic carbocycles. The lowest BCUT2D eigenvalue weighted by Crippen LogP contribution is -2.47. The molecule has 0 aliphatic rings. The van der Waals surface area contributed by atoms with Gasteiger partial charge < -0.3 is 14.9 Å². The second-order valence-electron chi connectivity index (χ2n) is 4.11. The lowest BCUT2D eigenvalue weighted by molar-refractivity contribution is -0.151. The number of rotatable bonds is 5. The lowest BCUT2D eigenvalue weighted by atomic mass is 9.91. The second-order valence-corrected chi connectivity index (χ2v) is 4.11. The Balaban J connectivity index is 3.21. The van der Waals surface area contributed by atoms with E-state index >= 15 is 0 Å². The minimum atomic E-state index is -1.10. The normalized spacial score (nSPS) is 13.9. The molecule has 1 unspecified atom stereocenters. The van der Waals surface area contributed by atoms with Gasteiger partial charge in [0, 0.05) is 6.07 Å². The maximum atomic E-state index is 12.0. The van der Waals surface area contributed by atoms with Gasteiger partial charge in [-0.3, -0.25) is 5.32 Å². The van der Waals surface area contributed by atoms with Crippen LogP contribution in [0, 0.1) is 0 Å². The Bertz CT molecular complexity index is 413. The van der Waals surface area contributed by atoms with Crippen LogP contribution in [-0.2, 0) is 15.1 Å². The topological polar surface area (TPSA) is 78.8 Å². The highest BCUT2D eigenvalue weighted by atomic mass is 16.5. The summed E-state index contributed by atoms with van der Waals surface area (Å²) in [4.78, 5) is 12.0. The van der Waals surface area contributed by atoms with Crippen molar-refractivity contribution in [3.63, 3.8) is 0 Å². The zero-order valence-corrected chi connectivity index (χ0v) is 10.9. The fraction of sp³-hybridized carbons (Fsp3) is 0.462. The third-order valence-corrected chi connectivity index (χ3v) is 2.69. The van der Waals surface area contributed by atoms with Crippen molar-refractivity contribution < 1.29 is 19.7 Å². The highest BCUT2D eigenvalue weighted by Crippen LogP contribution is 2.29. The number of nitrogens with one attached hydrogen (secondary N) is 1. The molecule has 0 radical (unpaired) electrons. The summed E-state index contributed by atoms with van der Waals surface area (Å²) in [7, 11) is 0. The average molecular weight is 253 g/mol. The third-order valence-electron chi connectivity index (χ3n) is 2.69. The molecule has 0 heterocycles. The van der Waals surface area contributed by atoms with Crippen molar-refractivity contribution in [1.82, 2.24) is 5.32 Å². The zero-order chi connectivity index (χ0) is 13.8. The predicted molar refractivity (Wildman–Crippen MR) is 67.4 cm³/mol. The van der Waals surface area contributed by atoms with Gasteiger partial charge in [-0.05, 0) is 38.1 Å². The number of phenolic OH excluding ortho intramolecular Hbond substituents is 2. The largest absolute Gasteiger partial charge is 0.508 e. The van der Waals surface area contributed by atoms with Gasteiger partial charge in [-0.25, -0.2) is 4.79 Å². The van der Waals surface area contributed by atoms with Gasteiger partial charge in [0.15, 0.2) is 0 Å². The first-order valence-corrected chi connectivity index (χ1v) is 5.89. The molecule has 1 atom stereocenters. The van der Waals surface area contributed by atoms with E-state index < -0.39 is 11.5 Å². The van der Waals surface area contributed by atoms with Crippen LogP contribution >= 0.6 is 0 Å². The van der Waals surface area contributed by atoms with Crippen LogP contribution in [0.15, 0.2) is 18.2 Å². The molecule has 0 saturated carbocycles. The number of likely N-dealkylation sites (N-methyl/N-ethyl adjacent to an activating group) is 1. The van der Waals surface area contributed by atoms with E-state index in [0.29, 0.717) is 12.1 Å². The molecule has 0 bridgehead atoms. The summed E-state index contributed by atoms with van der Waals surface area (Å²) in [6.07, 6.45) is 0. The Morgan fingerprint density at radius 3 is 2.28 bits per heavy atom. The molecule has 100 valence electrons. The molecule has 5 heteroatoms. The van der Waals surface area contributed by atoms with Gasteiger partial charge in [-0.15, -0.1) is 0 Å². The van der Waals surface area contributed by atoms with E-state index in [9.17, 15) is 15.0 Å². The van der Waals surface area contributed by atoms with Gasteiger partial charge in [0.25, 0.3) is 0 Å². The van der Waals surface area contributed by atoms with Crippen LogP contribution in [0.3, 0.4) is 0 Å².